The molecule has 3 nitrogen and oxygen atoms in total. The van der Waals surface area contributed by atoms with Crippen LogP contribution in [0.25, 0.3) is 0 Å². The molecule has 1 aromatic heterocycles. The number of rotatable bonds is 4. The first-order valence-corrected chi connectivity index (χ1v) is 6.02. The smallest absolute Gasteiger partial charge is 0.126 e. The van der Waals surface area contributed by atoms with Gasteiger partial charge in [-0.1, -0.05) is 0 Å². The molecular formula is C11H16BrN3. The van der Waals surface area contributed by atoms with Crippen molar-refractivity contribution in [3.05, 3.63) is 22.3 Å². The molecule has 0 unspecified atom stereocenters. The molecule has 0 aromatic carbocycles. The number of halogens is 1. The molecule has 3 N–H and O–H groups in total. The first-order valence-electron chi connectivity index (χ1n) is 5.22. The standard InChI is InChI=1S/C11H16BrN3/c1-8-9(12)2-3-10(15-8)14-7-11(6-13)4-5-11/h2-3H,4-7,13H2,1H3,(H,14,15). The molecule has 4 heteroatoms. The predicted molar refractivity (Wildman–Crippen MR) is 65.9 cm³/mol. The lowest BCUT2D eigenvalue weighted by Crippen LogP contribution is -2.24. The summed E-state index contributed by atoms with van der Waals surface area (Å²) in [5.74, 6) is 0.940. The third-order valence-corrected chi connectivity index (χ3v) is 3.89. The summed E-state index contributed by atoms with van der Waals surface area (Å²) < 4.78 is 1.05. The lowest BCUT2D eigenvalue weighted by molar-refractivity contribution is 0.555. The van der Waals surface area contributed by atoms with Gasteiger partial charge in [-0.3, -0.25) is 0 Å². The second-order valence-corrected chi connectivity index (χ2v) is 5.18. The summed E-state index contributed by atoms with van der Waals surface area (Å²) in [4.78, 5) is 4.44. The quantitative estimate of drug-likeness (QED) is 0.882. The van der Waals surface area contributed by atoms with Gasteiger partial charge in [0, 0.05) is 11.0 Å². The molecule has 0 radical (unpaired) electrons. The van der Waals surface area contributed by atoms with Crippen LogP contribution in [0.1, 0.15) is 18.5 Å². The van der Waals surface area contributed by atoms with Crippen LogP contribution >= 0.6 is 15.9 Å². The van der Waals surface area contributed by atoms with Crippen molar-refractivity contribution in [2.45, 2.75) is 19.8 Å². The predicted octanol–water partition coefficient (Wildman–Crippen LogP) is 2.30. The van der Waals surface area contributed by atoms with Gasteiger partial charge in [-0.05, 0) is 59.8 Å². The molecule has 0 amide bonds. The lowest BCUT2D eigenvalue weighted by Gasteiger charge is -2.14. The fourth-order valence-electron chi connectivity index (χ4n) is 1.55. The van der Waals surface area contributed by atoms with Crippen molar-refractivity contribution in [1.82, 2.24) is 4.98 Å². The molecule has 0 aliphatic heterocycles. The molecule has 0 saturated heterocycles. The van der Waals surface area contributed by atoms with Crippen molar-refractivity contribution >= 4 is 21.7 Å². The molecular weight excluding hydrogens is 254 g/mol. The number of aromatic nitrogens is 1. The van der Waals surface area contributed by atoms with Gasteiger partial charge in [-0.15, -0.1) is 0 Å². The fraction of sp³-hybridized carbons (Fsp3) is 0.545. The average Bonchev–Trinajstić information content (AvgIpc) is 3.01. The van der Waals surface area contributed by atoms with Crippen molar-refractivity contribution < 1.29 is 0 Å². The molecule has 15 heavy (non-hydrogen) atoms. The average molecular weight is 270 g/mol. The number of anilines is 1. The normalized spacial score (nSPS) is 17.5. The van der Waals surface area contributed by atoms with E-state index < -0.39 is 0 Å². The molecule has 1 saturated carbocycles. The number of nitrogens with one attached hydrogen (secondary N) is 1. The van der Waals surface area contributed by atoms with Gasteiger partial charge < -0.3 is 11.1 Å². The number of hydrogen-bond acceptors (Lipinski definition) is 3. The maximum Gasteiger partial charge on any atom is 0.126 e. The number of nitrogens with zero attached hydrogens (tertiary/aromatic N) is 1. The SMILES string of the molecule is Cc1nc(NCC2(CN)CC2)ccc1Br. The zero-order valence-electron chi connectivity index (χ0n) is 8.89. The minimum Gasteiger partial charge on any atom is -0.369 e. The summed E-state index contributed by atoms with van der Waals surface area (Å²) in [5, 5.41) is 3.35. The van der Waals surface area contributed by atoms with Crippen molar-refractivity contribution in [3.8, 4) is 0 Å². The maximum atomic E-state index is 5.72. The van der Waals surface area contributed by atoms with Crippen molar-refractivity contribution in [2.75, 3.05) is 18.4 Å². The van der Waals surface area contributed by atoms with Gasteiger partial charge in [0.1, 0.15) is 5.82 Å². The zero-order valence-corrected chi connectivity index (χ0v) is 10.5. The van der Waals surface area contributed by atoms with Crippen LogP contribution in [0.4, 0.5) is 5.82 Å². The lowest BCUT2D eigenvalue weighted by atomic mass is 10.1. The third-order valence-electron chi connectivity index (χ3n) is 3.06. The van der Waals surface area contributed by atoms with Crippen molar-refractivity contribution in [1.29, 1.82) is 0 Å². The van der Waals surface area contributed by atoms with E-state index in [1.54, 1.807) is 0 Å². The molecule has 82 valence electrons. The summed E-state index contributed by atoms with van der Waals surface area (Å²) in [6.45, 7) is 3.71. The first-order chi connectivity index (χ1) is 7.15. The molecule has 1 aromatic rings. The van der Waals surface area contributed by atoms with Gasteiger partial charge in [0.05, 0.1) is 5.69 Å². The minimum atomic E-state index is 0.350. The summed E-state index contributed by atoms with van der Waals surface area (Å²) in [6, 6.07) is 4.01. The monoisotopic (exact) mass is 269 g/mol. The Kier molecular flexibility index (Phi) is 2.98. The van der Waals surface area contributed by atoms with Gasteiger partial charge in [0.2, 0.25) is 0 Å². The summed E-state index contributed by atoms with van der Waals surface area (Å²) in [5.41, 5.74) is 7.08. The Morgan fingerprint density at radius 1 is 1.53 bits per heavy atom. The van der Waals surface area contributed by atoms with E-state index in [0.29, 0.717) is 5.41 Å². The maximum absolute atomic E-state index is 5.72. The highest BCUT2D eigenvalue weighted by Crippen LogP contribution is 2.44. The van der Waals surface area contributed by atoms with E-state index >= 15 is 0 Å². The van der Waals surface area contributed by atoms with Crippen LogP contribution in [0.5, 0.6) is 0 Å². The Morgan fingerprint density at radius 2 is 2.27 bits per heavy atom. The van der Waals surface area contributed by atoms with Crippen LogP contribution in [0, 0.1) is 12.3 Å². The van der Waals surface area contributed by atoms with Crippen molar-refractivity contribution in [3.63, 3.8) is 0 Å². The van der Waals surface area contributed by atoms with E-state index in [-0.39, 0.29) is 0 Å². The first kappa shape index (κ1) is 10.9. The Morgan fingerprint density at radius 3 is 2.80 bits per heavy atom. The highest BCUT2D eigenvalue weighted by atomic mass is 79.9. The molecule has 1 heterocycles. The van der Waals surface area contributed by atoms with Gasteiger partial charge in [-0.25, -0.2) is 4.98 Å². The number of aryl methyl sites for hydroxylation is 1. The zero-order chi connectivity index (χ0) is 10.9. The van der Waals surface area contributed by atoms with Crippen LogP contribution in [0.3, 0.4) is 0 Å². The second-order valence-electron chi connectivity index (χ2n) is 4.32. The highest BCUT2D eigenvalue weighted by molar-refractivity contribution is 9.10. The largest absolute Gasteiger partial charge is 0.369 e. The van der Waals surface area contributed by atoms with E-state index in [4.69, 9.17) is 5.73 Å². The Hall–Kier alpha value is -0.610. The fourth-order valence-corrected chi connectivity index (χ4v) is 1.77. The topological polar surface area (TPSA) is 50.9 Å². The molecule has 0 bridgehead atoms. The van der Waals surface area contributed by atoms with E-state index in [0.717, 1.165) is 29.1 Å². The highest BCUT2D eigenvalue weighted by Gasteiger charge is 2.40. The Labute approximate surface area is 98.6 Å². The molecule has 1 aliphatic rings. The van der Waals surface area contributed by atoms with Crippen LogP contribution in [0.2, 0.25) is 0 Å². The minimum absolute atomic E-state index is 0.350. The summed E-state index contributed by atoms with van der Waals surface area (Å²) in [7, 11) is 0. The van der Waals surface area contributed by atoms with E-state index in [1.807, 2.05) is 19.1 Å². The second kappa shape index (κ2) is 4.10. The van der Waals surface area contributed by atoms with Gasteiger partial charge in [-0.2, -0.15) is 0 Å². The van der Waals surface area contributed by atoms with E-state index in [9.17, 15) is 0 Å². The number of pyridine rings is 1. The summed E-state index contributed by atoms with van der Waals surface area (Å²) >= 11 is 3.44. The van der Waals surface area contributed by atoms with E-state index in [1.165, 1.54) is 12.8 Å². The molecule has 2 rings (SSSR count). The number of nitrogens with two attached hydrogens (primary N) is 1. The molecule has 1 aliphatic carbocycles. The molecule has 1 fully saturated rings. The van der Waals surface area contributed by atoms with Crippen LogP contribution in [-0.4, -0.2) is 18.1 Å². The van der Waals surface area contributed by atoms with Gasteiger partial charge in [0.25, 0.3) is 0 Å². The van der Waals surface area contributed by atoms with Gasteiger partial charge in [0.15, 0.2) is 0 Å². The van der Waals surface area contributed by atoms with Crippen LogP contribution in [0.15, 0.2) is 16.6 Å². The Bertz CT molecular complexity index is 361. The Balaban J connectivity index is 1.96. The number of hydrogen-bond donors (Lipinski definition) is 2. The van der Waals surface area contributed by atoms with Crippen LogP contribution in [-0.2, 0) is 0 Å². The van der Waals surface area contributed by atoms with E-state index in [2.05, 4.69) is 26.2 Å². The molecule has 0 atom stereocenters. The third kappa shape index (κ3) is 2.49. The van der Waals surface area contributed by atoms with Crippen molar-refractivity contribution in [2.24, 2.45) is 11.1 Å². The molecule has 0 spiro atoms. The van der Waals surface area contributed by atoms with Crippen LogP contribution < -0.4 is 11.1 Å². The van der Waals surface area contributed by atoms with Gasteiger partial charge >= 0.3 is 0 Å². The summed E-state index contributed by atoms with van der Waals surface area (Å²) in [6.07, 6.45) is 2.48.